The Morgan fingerprint density at radius 1 is 1.10 bits per heavy atom. The van der Waals surface area contributed by atoms with E-state index in [-0.39, 0.29) is 34.8 Å². The van der Waals surface area contributed by atoms with Crippen LogP contribution in [0, 0.1) is 12.3 Å². The molecule has 3 aromatic heterocycles. The first-order valence-electron chi connectivity index (χ1n) is 14.0. The Hall–Kier alpha value is -3.92. The van der Waals surface area contributed by atoms with Gasteiger partial charge in [-0.3, -0.25) is 19.0 Å². The van der Waals surface area contributed by atoms with E-state index >= 15 is 0 Å². The maximum atomic E-state index is 13.4. The summed E-state index contributed by atoms with van der Waals surface area (Å²) in [6.07, 6.45) is 12.8. The largest absolute Gasteiger partial charge is 0.389 e. The van der Waals surface area contributed by atoms with Crippen molar-refractivity contribution >= 4 is 40.2 Å². The predicted octanol–water partition coefficient (Wildman–Crippen LogP) is 4.99. The number of aliphatic hydroxyl groups is 1. The number of carbonyl (C=O) groups is 2. The smallest absolute Gasteiger partial charge is 0.263 e. The maximum absolute atomic E-state index is 13.4. The Bertz CT molecular complexity index is 1520. The van der Waals surface area contributed by atoms with Crippen LogP contribution in [-0.2, 0) is 4.79 Å². The normalized spacial score (nSPS) is 22.4. The Morgan fingerprint density at radius 3 is 2.58 bits per heavy atom. The summed E-state index contributed by atoms with van der Waals surface area (Å²) in [5, 5.41) is 16.7. The van der Waals surface area contributed by atoms with E-state index in [1.54, 1.807) is 42.1 Å². The molecule has 2 aliphatic carbocycles. The highest BCUT2D eigenvalue weighted by Crippen LogP contribution is 2.34. The van der Waals surface area contributed by atoms with Crippen LogP contribution in [0.3, 0.4) is 0 Å². The molecule has 1 amide bonds. The number of hydrogen-bond donors (Lipinski definition) is 3. The monoisotopic (exact) mass is 544 g/mol. The molecular formula is C30H36N6O4. The van der Waals surface area contributed by atoms with Gasteiger partial charge in [0.2, 0.25) is 11.9 Å². The van der Waals surface area contributed by atoms with Gasteiger partial charge in [-0.25, -0.2) is 9.97 Å². The fourth-order valence-corrected chi connectivity index (χ4v) is 5.82. The van der Waals surface area contributed by atoms with Crippen LogP contribution in [-0.4, -0.2) is 42.4 Å². The minimum Gasteiger partial charge on any atom is -0.389 e. The number of aryl methyl sites for hydroxylation is 1. The van der Waals surface area contributed by atoms with E-state index in [0.29, 0.717) is 47.4 Å². The van der Waals surface area contributed by atoms with Gasteiger partial charge in [0, 0.05) is 23.0 Å². The molecule has 0 bridgehead atoms. The van der Waals surface area contributed by atoms with Gasteiger partial charge < -0.3 is 15.7 Å². The molecule has 3 aromatic rings. The highest BCUT2D eigenvalue weighted by Gasteiger charge is 2.33. The molecule has 10 heteroatoms. The minimum atomic E-state index is -0.586. The third-order valence-corrected chi connectivity index (χ3v) is 8.27. The standard InChI is InChI=1S/C30H36N6O4/c1-18-23-17-32-29(35-26(23)36(21-8-4-5-9-21)27(39)25(18)19(2)37)34-24-12-11-20(16-31-24)33-28(40)30(3)14-7-6-10-22(38)13-15-30/h6,10-12,16-17,21-22,38H,4-5,7-9,13-15H2,1-3H3,(H,33,40)(H,31,32,34,35)/b10-6+/t22-,30+/m0/s1. The van der Waals surface area contributed by atoms with Gasteiger partial charge in [0.25, 0.3) is 5.56 Å². The molecule has 3 heterocycles. The zero-order valence-electron chi connectivity index (χ0n) is 23.2. The van der Waals surface area contributed by atoms with Crippen LogP contribution in [0.5, 0.6) is 0 Å². The number of rotatable bonds is 6. The van der Waals surface area contributed by atoms with Crippen LogP contribution in [0.2, 0.25) is 0 Å². The van der Waals surface area contributed by atoms with E-state index in [1.165, 1.54) is 6.92 Å². The average Bonchev–Trinajstić information content (AvgIpc) is 3.44. The fraction of sp³-hybridized carbons (Fsp3) is 0.467. The molecule has 0 saturated heterocycles. The summed E-state index contributed by atoms with van der Waals surface area (Å²) in [4.78, 5) is 52.4. The van der Waals surface area contributed by atoms with Gasteiger partial charge in [0.15, 0.2) is 5.78 Å². The van der Waals surface area contributed by atoms with Crippen LogP contribution >= 0.6 is 0 Å². The van der Waals surface area contributed by atoms with E-state index in [0.717, 1.165) is 32.1 Å². The highest BCUT2D eigenvalue weighted by atomic mass is 16.3. The van der Waals surface area contributed by atoms with Crippen molar-refractivity contribution in [3.63, 3.8) is 0 Å². The number of allylic oxidation sites excluding steroid dienone is 1. The molecule has 10 nitrogen and oxygen atoms in total. The maximum Gasteiger partial charge on any atom is 0.263 e. The van der Waals surface area contributed by atoms with Crippen molar-refractivity contribution in [2.45, 2.75) is 84.3 Å². The Labute approximate surface area is 233 Å². The first-order chi connectivity index (χ1) is 19.2. The summed E-state index contributed by atoms with van der Waals surface area (Å²) in [6.45, 7) is 5.12. The summed E-state index contributed by atoms with van der Waals surface area (Å²) in [7, 11) is 0. The minimum absolute atomic E-state index is 0.00328. The van der Waals surface area contributed by atoms with Gasteiger partial charge in [-0.15, -0.1) is 0 Å². The number of fused-ring (bicyclic) bond motifs is 1. The van der Waals surface area contributed by atoms with Crippen LogP contribution in [0.4, 0.5) is 17.5 Å². The molecule has 0 radical (unpaired) electrons. The number of pyridine rings is 2. The van der Waals surface area contributed by atoms with Gasteiger partial charge in [-0.1, -0.05) is 31.9 Å². The van der Waals surface area contributed by atoms with Crippen molar-refractivity contribution in [2.75, 3.05) is 10.6 Å². The predicted molar refractivity (Wildman–Crippen MR) is 154 cm³/mol. The molecule has 0 unspecified atom stereocenters. The van der Waals surface area contributed by atoms with E-state index in [9.17, 15) is 19.5 Å². The number of nitrogens with one attached hydrogen (secondary N) is 2. The van der Waals surface area contributed by atoms with E-state index in [1.807, 2.05) is 13.0 Å². The molecular weight excluding hydrogens is 508 g/mol. The second-order valence-corrected chi connectivity index (χ2v) is 11.2. The van der Waals surface area contributed by atoms with Crippen LogP contribution in [0.1, 0.15) is 87.2 Å². The summed E-state index contributed by atoms with van der Waals surface area (Å²) >= 11 is 0. The van der Waals surface area contributed by atoms with Gasteiger partial charge in [0.1, 0.15) is 11.5 Å². The van der Waals surface area contributed by atoms with E-state index in [4.69, 9.17) is 4.98 Å². The van der Waals surface area contributed by atoms with Gasteiger partial charge >= 0.3 is 0 Å². The quantitative estimate of drug-likeness (QED) is 0.291. The summed E-state index contributed by atoms with van der Waals surface area (Å²) in [6, 6.07) is 3.48. The lowest BCUT2D eigenvalue weighted by Crippen LogP contribution is -2.35. The molecule has 1 fully saturated rings. The number of Topliss-reactive ketones (excluding diaryl/α,β-unsaturated/α-hetero) is 1. The van der Waals surface area contributed by atoms with E-state index < -0.39 is 11.5 Å². The zero-order chi connectivity index (χ0) is 28.4. The Morgan fingerprint density at radius 2 is 1.88 bits per heavy atom. The van der Waals surface area contributed by atoms with Crippen LogP contribution in [0.25, 0.3) is 11.0 Å². The van der Waals surface area contributed by atoms with Gasteiger partial charge in [0.05, 0.1) is 23.6 Å². The van der Waals surface area contributed by atoms with Crippen molar-refractivity contribution < 1.29 is 14.7 Å². The van der Waals surface area contributed by atoms with Crippen molar-refractivity contribution in [1.29, 1.82) is 0 Å². The second kappa shape index (κ2) is 11.3. The molecule has 0 aliphatic heterocycles. The second-order valence-electron chi connectivity index (χ2n) is 11.2. The Kier molecular flexibility index (Phi) is 7.80. The lowest BCUT2D eigenvalue weighted by molar-refractivity contribution is -0.125. The lowest BCUT2D eigenvalue weighted by atomic mass is 9.78. The van der Waals surface area contributed by atoms with Crippen molar-refractivity contribution in [1.82, 2.24) is 19.5 Å². The lowest BCUT2D eigenvalue weighted by Gasteiger charge is -2.30. The number of ketones is 1. The first kappa shape index (κ1) is 27.6. The number of anilines is 3. The molecule has 2 atom stereocenters. The topological polar surface area (TPSA) is 139 Å². The summed E-state index contributed by atoms with van der Waals surface area (Å²) < 4.78 is 1.68. The highest BCUT2D eigenvalue weighted by molar-refractivity contribution is 5.99. The average molecular weight is 545 g/mol. The Balaban J connectivity index is 1.37. The molecule has 40 heavy (non-hydrogen) atoms. The van der Waals surface area contributed by atoms with E-state index in [2.05, 4.69) is 20.6 Å². The molecule has 3 N–H and O–H groups in total. The van der Waals surface area contributed by atoms with Crippen molar-refractivity contribution in [3.8, 4) is 0 Å². The number of aliphatic hydroxyl groups excluding tert-OH is 1. The van der Waals surface area contributed by atoms with Crippen molar-refractivity contribution in [3.05, 3.63) is 58.2 Å². The zero-order valence-corrected chi connectivity index (χ0v) is 23.2. The first-order valence-corrected chi connectivity index (χ1v) is 14.0. The van der Waals surface area contributed by atoms with Gasteiger partial charge in [-0.05, 0) is 70.1 Å². The molecule has 210 valence electrons. The molecule has 5 rings (SSSR count). The molecule has 0 aromatic carbocycles. The molecule has 0 spiro atoms. The van der Waals surface area contributed by atoms with Crippen molar-refractivity contribution in [2.24, 2.45) is 5.41 Å². The number of aromatic nitrogens is 4. The number of carbonyl (C=O) groups excluding carboxylic acids is 2. The number of nitrogens with zero attached hydrogens (tertiary/aromatic N) is 4. The number of hydrogen-bond acceptors (Lipinski definition) is 8. The summed E-state index contributed by atoms with van der Waals surface area (Å²) in [5.74, 6) is 0.411. The third kappa shape index (κ3) is 5.54. The number of amides is 1. The van der Waals surface area contributed by atoms with Gasteiger partial charge in [-0.2, -0.15) is 4.98 Å². The molecule has 2 aliphatic rings. The van der Waals surface area contributed by atoms with Crippen LogP contribution < -0.4 is 16.2 Å². The third-order valence-electron chi connectivity index (χ3n) is 8.27. The summed E-state index contributed by atoms with van der Waals surface area (Å²) in [5.41, 5.74) is 0.983. The van der Waals surface area contributed by atoms with Crippen LogP contribution in [0.15, 0.2) is 41.5 Å². The fourth-order valence-electron chi connectivity index (χ4n) is 5.82. The SMILES string of the molecule is CC(=O)c1c(C)c2cnc(Nc3ccc(NC(=O)[C@]4(C)CC/C=C/[C@H](O)CC4)cn3)nc2n(C2CCCC2)c1=O. The molecule has 1 saturated carbocycles.